The molecule has 0 aromatic rings. The molecule has 3 nitrogen and oxygen atoms in total. The van der Waals surface area contributed by atoms with Crippen molar-refractivity contribution in [3.63, 3.8) is 0 Å². The third-order valence-electron chi connectivity index (χ3n) is 6.55. The highest BCUT2D eigenvalue weighted by Gasteiger charge is 2.01. The zero-order chi connectivity index (χ0) is 28.5. The molecule has 0 saturated carbocycles. The number of rotatable bonds is 26. The third-order valence-corrected chi connectivity index (χ3v) is 6.55. The average Bonchev–Trinajstić information content (AvgIpc) is 2.93. The molecule has 0 rings (SSSR count). The van der Waals surface area contributed by atoms with Gasteiger partial charge in [0.2, 0.25) is 0 Å². The quantitative estimate of drug-likeness (QED) is 0.0361. The Kier molecular flexibility index (Phi) is 29.8. The van der Waals surface area contributed by atoms with Gasteiger partial charge in [0.05, 0.1) is 0 Å². The van der Waals surface area contributed by atoms with Crippen molar-refractivity contribution in [2.75, 3.05) is 0 Å². The summed E-state index contributed by atoms with van der Waals surface area (Å²) in [6.07, 6.45) is 47.5. The first-order valence-electron chi connectivity index (χ1n) is 16.0. The molecule has 0 aromatic carbocycles. The van der Waals surface area contributed by atoms with Gasteiger partial charge in [0, 0.05) is 12.2 Å². The van der Waals surface area contributed by atoms with Gasteiger partial charge in [-0.3, -0.25) is 0 Å². The van der Waals surface area contributed by atoms with Crippen molar-refractivity contribution >= 4 is 11.9 Å². The molecule has 0 bridgehead atoms. The molecule has 0 unspecified atom stereocenters. The molecule has 0 aliphatic rings. The maximum Gasteiger partial charge on any atom is 0.338 e. The van der Waals surface area contributed by atoms with Gasteiger partial charge in [-0.05, 0) is 25.7 Å². The lowest BCUT2D eigenvalue weighted by Crippen LogP contribution is -2.06. The lowest BCUT2D eigenvalue weighted by Gasteiger charge is -2.00. The molecule has 0 saturated heterocycles. The number of allylic oxidation sites excluding steroid dienone is 10. The first-order chi connectivity index (χ1) is 19.2. The number of ether oxygens (including phenoxy) is 1. The second-order valence-electron chi connectivity index (χ2n) is 10.3. The second kappa shape index (κ2) is 31.8. The highest BCUT2D eigenvalue weighted by molar-refractivity contribution is 5.96. The number of carbonyl (C=O) groups excluding carboxylic acids is 2. The molecule has 0 heterocycles. The Morgan fingerprint density at radius 3 is 1.08 bits per heavy atom. The first-order valence-corrected chi connectivity index (χ1v) is 16.0. The van der Waals surface area contributed by atoms with Crippen LogP contribution in [0.15, 0.2) is 72.9 Å². The van der Waals surface area contributed by atoms with E-state index in [1.54, 1.807) is 24.3 Å². The predicted molar refractivity (Wildman–Crippen MR) is 170 cm³/mol. The van der Waals surface area contributed by atoms with Gasteiger partial charge < -0.3 is 4.74 Å². The lowest BCUT2D eigenvalue weighted by atomic mass is 10.1. The zero-order valence-corrected chi connectivity index (χ0v) is 25.3. The Bertz CT molecular complexity index is 674. The van der Waals surface area contributed by atoms with Gasteiger partial charge in [0.1, 0.15) is 0 Å². The molecule has 3 heteroatoms. The highest BCUT2D eigenvalue weighted by Crippen LogP contribution is 2.11. The van der Waals surface area contributed by atoms with E-state index in [9.17, 15) is 9.59 Å². The molecule has 0 aromatic heterocycles. The molecule has 220 valence electrons. The van der Waals surface area contributed by atoms with Crippen LogP contribution in [0.1, 0.15) is 142 Å². The Balaban J connectivity index is 3.72. The van der Waals surface area contributed by atoms with Crippen LogP contribution in [-0.4, -0.2) is 11.9 Å². The summed E-state index contributed by atoms with van der Waals surface area (Å²) in [6, 6.07) is 0. The van der Waals surface area contributed by atoms with Crippen molar-refractivity contribution < 1.29 is 14.3 Å². The van der Waals surface area contributed by atoms with Gasteiger partial charge in [-0.25, -0.2) is 9.59 Å². The molecule has 0 spiro atoms. The number of esters is 2. The third kappa shape index (κ3) is 31.7. The van der Waals surface area contributed by atoms with Crippen molar-refractivity contribution in [1.29, 1.82) is 0 Å². The monoisotopic (exact) mass is 538 g/mol. The Hall–Kier alpha value is -2.42. The normalized spacial score (nSPS) is 12.5. The summed E-state index contributed by atoms with van der Waals surface area (Å²) in [6.45, 7) is 4.51. The molecule has 39 heavy (non-hydrogen) atoms. The van der Waals surface area contributed by atoms with E-state index in [0.717, 1.165) is 12.8 Å². The van der Waals surface area contributed by atoms with Crippen molar-refractivity contribution in [1.82, 2.24) is 0 Å². The van der Waals surface area contributed by atoms with Crippen LogP contribution < -0.4 is 0 Å². The molecule has 0 radical (unpaired) electrons. The summed E-state index contributed by atoms with van der Waals surface area (Å²) in [4.78, 5) is 23.4. The zero-order valence-electron chi connectivity index (χ0n) is 25.3. The molecule has 0 aliphatic carbocycles. The fourth-order valence-electron chi connectivity index (χ4n) is 4.19. The van der Waals surface area contributed by atoms with Crippen molar-refractivity contribution in [2.24, 2.45) is 0 Å². The number of carbonyl (C=O) groups is 2. The van der Waals surface area contributed by atoms with Crippen LogP contribution in [0.3, 0.4) is 0 Å². The van der Waals surface area contributed by atoms with Crippen molar-refractivity contribution in [2.45, 2.75) is 142 Å². The Labute approximate surface area is 241 Å². The summed E-state index contributed by atoms with van der Waals surface area (Å²) < 4.78 is 4.73. The fraction of sp³-hybridized carbons (Fsp3) is 0.611. The van der Waals surface area contributed by atoms with Crippen LogP contribution in [-0.2, 0) is 14.3 Å². The molecule has 0 N–H and O–H groups in total. The Morgan fingerprint density at radius 1 is 0.410 bits per heavy atom. The lowest BCUT2D eigenvalue weighted by molar-refractivity contribution is -0.152. The summed E-state index contributed by atoms with van der Waals surface area (Å²) in [5.74, 6) is -1.34. The smallest absolute Gasteiger partial charge is 0.338 e. The summed E-state index contributed by atoms with van der Waals surface area (Å²) >= 11 is 0. The van der Waals surface area contributed by atoms with Crippen LogP contribution in [0, 0.1) is 0 Å². The van der Waals surface area contributed by atoms with Gasteiger partial charge >= 0.3 is 11.9 Å². The highest BCUT2D eigenvalue weighted by atomic mass is 16.6. The average molecular weight is 539 g/mol. The largest absolute Gasteiger partial charge is 0.387 e. The molecular formula is C36H58O3. The maximum absolute atomic E-state index is 11.7. The fourth-order valence-corrected chi connectivity index (χ4v) is 4.19. The van der Waals surface area contributed by atoms with Crippen LogP contribution in [0.4, 0.5) is 0 Å². The van der Waals surface area contributed by atoms with Gasteiger partial charge in [-0.2, -0.15) is 0 Å². The summed E-state index contributed by atoms with van der Waals surface area (Å²) in [5, 5.41) is 0. The molecule has 0 amide bonds. The van der Waals surface area contributed by atoms with Crippen LogP contribution in [0.2, 0.25) is 0 Å². The van der Waals surface area contributed by atoms with Gasteiger partial charge in [-0.1, -0.05) is 177 Å². The van der Waals surface area contributed by atoms with E-state index in [1.807, 2.05) is 24.3 Å². The van der Waals surface area contributed by atoms with Gasteiger partial charge in [0.25, 0.3) is 0 Å². The minimum Gasteiger partial charge on any atom is -0.387 e. The maximum atomic E-state index is 11.7. The topological polar surface area (TPSA) is 43.4 Å². The van der Waals surface area contributed by atoms with E-state index in [4.69, 9.17) is 4.74 Å². The van der Waals surface area contributed by atoms with E-state index >= 15 is 0 Å². The number of hydrogen-bond acceptors (Lipinski definition) is 3. The van der Waals surface area contributed by atoms with Crippen molar-refractivity contribution in [3.8, 4) is 0 Å². The number of unbranched alkanes of at least 4 members (excludes halogenated alkanes) is 18. The van der Waals surface area contributed by atoms with Gasteiger partial charge in [0.15, 0.2) is 0 Å². The molecule has 0 fully saturated rings. The molecular weight excluding hydrogens is 480 g/mol. The minimum atomic E-state index is -0.669. The second-order valence-corrected chi connectivity index (χ2v) is 10.3. The summed E-state index contributed by atoms with van der Waals surface area (Å²) in [5.41, 5.74) is 0. The standard InChI is InChI=1S/C36H58O3/c1-3-5-7-9-11-13-15-17-19-21-23-25-27-29-31-33-35(37)39-36(38)34-32-30-28-26-24-22-20-18-16-14-12-10-8-6-4-2/h23-34H,3-22H2,1-2H3. The van der Waals surface area contributed by atoms with Crippen LogP contribution in [0.5, 0.6) is 0 Å². The summed E-state index contributed by atoms with van der Waals surface area (Å²) in [7, 11) is 0. The number of hydrogen-bond donors (Lipinski definition) is 0. The Morgan fingerprint density at radius 2 is 0.718 bits per heavy atom. The minimum absolute atomic E-state index is 0.669. The van der Waals surface area contributed by atoms with Crippen LogP contribution >= 0.6 is 0 Å². The van der Waals surface area contributed by atoms with E-state index < -0.39 is 11.9 Å². The van der Waals surface area contributed by atoms with E-state index in [1.165, 1.54) is 128 Å². The molecule has 0 aliphatic heterocycles. The first kappa shape index (κ1) is 36.6. The SMILES string of the molecule is CCCCCCCCCCCC=CC=CC=CC(=O)OC(=O)C=CC=CC=CCCCCCCCCCCC. The molecule has 0 atom stereocenters. The van der Waals surface area contributed by atoms with E-state index in [0.29, 0.717) is 0 Å². The van der Waals surface area contributed by atoms with Gasteiger partial charge in [-0.15, -0.1) is 0 Å². The van der Waals surface area contributed by atoms with Crippen molar-refractivity contribution in [3.05, 3.63) is 72.9 Å². The van der Waals surface area contributed by atoms with E-state index in [-0.39, 0.29) is 0 Å². The van der Waals surface area contributed by atoms with E-state index in [2.05, 4.69) is 26.0 Å². The predicted octanol–water partition coefficient (Wildman–Crippen LogP) is 11.2. The van der Waals surface area contributed by atoms with Crippen LogP contribution in [0.25, 0.3) is 0 Å².